The molecular formula is C10H15N3. The van der Waals surface area contributed by atoms with Crippen molar-refractivity contribution in [1.29, 1.82) is 0 Å². The summed E-state index contributed by atoms with van der Waals surface area (Å²) < 4.78 is 0. The Kier molecular flexibility index (Phi) is 1.62. The highest BCUT2D eigenvalue weighted by Gasteiger charge is 2.40. The summed E-state index contributed by atoms with van der Waals surface area (Å²) in [6.45, 7) is 4.23. The van der Waals surface area contributed by atoms with E-state index in [0.29, 0.717) is 0 Å². The fraction of sp³-hybridized carbons (Fsp3) is 0.400. The quantitative estimate of drug-likeness (QED) is 0.580. The molecule has 1 atom stereocenters. The first-order chi connectivity index (χ1) is 6.05. The first kappa shape index (κ1) is 8.53. The van der Waals surface area contributed by atoms with E-state index in [1.54, 1.807) is 5.01 Å². The number of para-hydroxylation sites is 1. The van der Waals surface area contributed by atoms with Crippen LogP contribution < -0.4 is 16.6 Å². The topological polar surface area (TPSA) is 55.3 Å². The monoisotopic (exact) mass is 177 g/mol. The second-order valence-corrected chi connectivity index (χ2v) is 4.09. The molecule has 0 saturated carbocycles. The van der Waals surface area contributed by atoms with Crippen LogP contribution in [0.1, 0.15) is 19.4 Å². The molecule has 2 rings (SSSR count). The molecule has 1 heterocycles. The molecule has 1 aromatic carbocycles. The number of anilines is 1. The second kappa shape index (κ2) is 2.47. The zero-order chi connectivity index (χ0) is 9.64. The van der Waals surface area contributed by atoms with Gasteiger partial charge < -0.3 is 5.73 Å². The molecule has 1 aromatic rings. The Morgan fingerprint density at radius 2 is 1.92 bits per heavy atom. The van der Waals surface area contributed by atoms with Crippen molar-refractivity contribution in [2.75, 3.05) is 5.01 Å². The third kappa shape index (κ3) is 0.975. The Balaban J connectivity index is 2.61. The number of rotatable bonds is 0. The van der Waals surface area contributed by atoms with Gasteiger partial charge in [-0.25, -0.2) is 5.84 Å². The smallest absolute Gasteiger partial charge is 0.101 e. The van der Waals surface area contributed by atoms with Crippen molar-refractivity contribution < 1.29 is 0 Å². The van der Waals surface area contributed by atoms with Crippen molar-refractivity contribution in [3.8, 4) is 0 Å². The molecule has 1 aliphatic heterocycles. The first-order valence-corrected chi connectivity index (χ1v) is 4.44. The number of benzene rings is 1. The normalized spacial score (nSPS) is 24.6. The fourth-order valence-corrected chi connectivity index (χ4v) is 1.90. The Morgan fingerprint density at radius 3 is 2.54 bits per heavy atom. The summed E-state index contributed by atoms with van der Waals surface area (Å²) in [5.74, 6) is 5.87. The number of nitrogens with zero attached hydrogens (tertiary/aromatic N) is 1. The van der Waals surface area contributed by atoms with E-state index in [2.05, 4.69) is 19.9 Å². The van der Waals surface area contributed by atoms with Gasteiger partial charge in [0.2, 0.25) is 0 Å². The van der Waals surface area contributed by atoms with Crippen LogP contribution in [0.3, 0.4) is 0 Å². The van der Waals surface area contributed by atoms with Gasteiger partial charge in [0.05, 0.1) is 5.69 Å². The zero-order valence-corrected chi connectivity index (χ0v) is 7.99. The van der Waals surface area contributed by atoms with E-state index < -0.39 is 0 Å². The number of fused-ring (bicyclic) bond motifs is 1. The third-order valence-electron chi connectivity index (χ3n) is 2.92. The maximum Gasteiger partial charge on any atom is 0.101 e. The number of nitrogens with two attached hydrogens (primary N) is 2. The molecule has 1 aliphatic rings. The van der Waals surface area contributed by atoms with E-state index in [1.807, 2.05) is 18.2 Å². The Hall–Kier alpha value is -1.06. The lowest BCUT2D eigenvalue weighted by Gasteiger charge is -2.27. The van der Waals surface area contributed by atoms with Crippen molar-refractivity contribution >= 4 is 5.69 Å². The average Bonchev–Trinajstić information content (AvgIpc) is 2.30. The zero-order valence-electron chi connectivity index (χ0n) is 7.99. The van der Waals surface area contributed by atoms with Gasteiger partial charge in [-0.2, -0.15) is 0 Å². The van der Waals surface area contributed by atoms with Crippen LogP contribution in [-0.4, -0.2) is 6.17 Å². The summed E-state index contributed by atoms with van der Waals surface area (Å²) in [4.78, 5) is 0. The molecule has 70 valence electrons. The molecule has 0 saturated heterocycles. The number of hydrogen-bond donors (Lipinski definition) is 2. The molecular weight excluding hydrogens is 162 g/mol. The lowest BCUT2D eigenvalue weighted by Crippen LogP contribution is -2.51. The van der Waals surface area contributed by atoms with Crippen molar-refractivity contribution in [1.82, 2.24) is 0 Å². The van der Waals surface area contributed by atoms with Crippen molar-refractivity contribution in [2.24, 2.45) is 11.6 Å². The van der Waals surface area contributed by atoms with Gasteiger partial charge in [-0.05, 0) is 11.6 Å². The van der Waals surface area contributed by atoms with Crippen LogP contribution in [0.4, 0.5) is 5.69 Å². The van der Waals surface area contributed by atoms with Crippen LogP contribution >= 0.6 is 0 Å². The SMILES string of the molecule is CC1(C)c2ccccc2N(N)C1N. The van der Waals surface area contributed by atoms with Crippen LogP contribution in [0.25, 0.3) is 0 Å². The molecule has 1 unspecified atom stereocenters. The highest BCUT2D eigenvalue weighted by molar-refractivity contribution is 5.62. The summed E-state index contributed by atoms with van der Waals surface area (Å²) in [5, 5.41) is 1.65. The molecule has 3 heteroatoms. The highest BCUT2D eigenvalue weighted by Crippen LogP contribution is 2.40. The molecule has 0 fully saturated rings. The summed E-state index contributed by atoms with van der Waals surface area (Å²) in [6, 6.07) is 8.09. The molecule has 0 aromatic heterocycles. The average molecular weight is 177 g/mol. The van der Waals surface area contributed by atoms with Crippen LogP contribution in [0.15, 0.2) is 24.3 Å². The molecule has 0 bridgehead atoms. The van der Waals surface area contributed by atoms with Gasteiger partial charge in [-0.1, -0.05) is 32.0 Å². The van der Waals surface area contributed by atoms with Gasteiger partial charge in [-0.3, -0.25) is 5.01 Å². The molecule has 4 N–H and O–H groups in total. The van der Waals surface area contributed by atoms with E-state index in [-0.39, 0.29) is 11.6 Å². The molecule has 13 heavy (non-hydrogen) atoms. The predicted molar refractivity (Wildman–Crippen MR) is 54.1 cm³/mol. The minimum Gasteiger partial charge on any atom is -0.309 e. The maximum atomic E-state index is 6.01. The van der Waals surface area contributed by atoms with Crippen molar-refractivity contribution in [3.63, 3.8) is 0 Å². The van der Waals surface area contributed by atoms with Crippen LogP contribution in [0, 0.1) is 0 Å². The van der Waals surface area contributed by atoms with Crippen molar-refractivity contribution in [3.05, 3.63) is 29.8 Å². The van der Waals surface area contributed by atoms with Gasteiger partial charge in [0.1, 0.15) is 6.17 Å². The second-order valence-electron chi connectivity index (χ2n) is 4.09. The van der Waals surface area contributed by atoms with E-state index in [0.717, 1.165) is 5.69 Å². The summed E-state index contributed by atoms with van der Waals surface area (Å²) in [7, 11) is 0. The lowest BCUT2D eigenvalue weighted by atomic mass is 9.84. The number of hydrogen-bond acceptors (Lipinski definition) is 3. The molecule has 0 spiro atoms. The summed E-state index contributed by atoms with van der Waals surface area (Å²) in [5.41, 5.74) is 8.21. The Bertz CT molecular complexity index is 333. The third-order valence-corrected chi connectivity index (χ3v) is 2.92. The standard InChI is InChI=1S/C10H15N3/c1-10(2)7-5-3-4-6-8(7)13(12)9(10)11/h3-6,9H,11-12H2,1-2H3. The van der Waals surface area contributed by atoms with E-state index in [4.69, 9.17) is 11.6 Å². The van der Waals surface area contributed by atoms with Crippen LogP contribution in [0.5, 0.6) is 0 Å². The van der Waals surface area contributed by atoms with Gasteiger partial charge in [0, 0.05) is 5.41 Å². The van der Waals surface area contributed by atoms with Gasteiger partial charge in [-0.15, -0.1) is 0 Å². The first-order valence-electron chi connectivity index (χ1n) is 4.44. The van der Waals surface area contributed by atoms with Crippen LogP contribution in [-0.2, 0) is 5.41 Å². The largest absolute Gasteiger partial charge is 0.309 e. The summed E-state index contributed by atoms with van der Waals surface area (Å²) >= 11 is 0. The molecule has 0 radical (unpaired) electrons. The Morgan fingerprint density at radius 1 is 1.31 bits per heavy atom. The lowest BCUT2D eigenvalue weighted by molar-refractivity contribution is 0.429. The van der Waals surface area contributed by atoms with Gasteiger partial charge in [0.25, 0.3) is 0 Å². The fourth-order valence-electron chi connectivity index (χ4n) is 1.90. The molecule has 0 amide bonds. The Labute approximate surface area is 78.3 Å². The van der Waals surface area contributed by atoms with Crippen molar-refractivity contribution in [2.45, 2.75) is 25.4 Å². The van der Waals surface area contributed by atoms with Crippen LogP contribution in [0.2, 0.25) is 0 Å². The van der Waals surface area contributed by atoms with Gasteiger partial charge >= 0.3 is 0 Å². The van der Waals surface area contributed by atoms with Gasteiger partial charge in [0.15, 0.2) is 0 Å². The minimum atomic E-state index is -0.134. The maximum absolute atomic E-state index is 6.01. The minimum absolute atomic E-state index is 0.0641. The molecule has 3 nitrogen and oxygen atoms in total. The predicted octanol–water partition coefficient (Wildman–Crippen LogP) is 0.943. The van der Waals surface area contributed by atoms with E-state index >= 15 is 0 Å². The number of hydrazine groups is 1. The summed E-state index contributed by atoms with van der Waals surface area (Å²) in [6.07, 6.45) is -0.134. The highest BCUT2D eigenvalue weighted by atomic mass is 15.5. The van der Waals surface area contributed by atoms with E-state index in [1.165, 1.54) is 5.56 Å². The molecule has 0 aliphatic carbocycles. The van der Waals surface area contributed by atoms with E-state index in [9.17, 15) is 0 Å².